The highest BCUT2D eigenvalue weighted by Crippen LogP contribution is 2.41. The van der Waals surface area contributed by atoms with Gasteiger partial charge in [0.1, 0.15) is 0 Å². The lowest BCUT2D eigenvalue weighted by Gasteiger charge is -2.55. The van der Waals surface area contributed by atoms with Crippen molar-refractivity contribution in [3.05, 3.63) is 0 Å². The van der Waals surface area contributed by atoms with Crippen molar-refractivity contribution in [3.8, 4) is 0 Å². The van der Waals surface area contributed by atoms with Crippen LogP contribution in [0.2, 0.25) is 0 Å². The van der Waals surface area contributed by atoms with Gasteiger partial charge in [-0.1, -0.05) is 20.8 Å². The second-order valence-electron chi connectivity index (χ2n) is 7.70. The van der Waals surface area contributed by atoms with Gasteiger partial charge in [-0.15, -0.1) is 0 Å². The number of likely N-dealkylation sites (tertiary alicyclic amines) is 1. The molecule has 2 aliphatic heterocycles. The van der Waals surface area contributed by atoms with Crippen LogP contribution in [0.4, 0.5) is 0 Å². The van der Waals surface area contributed by atoms with Gasteiger partial charge in [0.15, 0.2) is 0 Å². The van der Waals surface area contributed by atoms with Crippen molar-refractivity contribution in [2.75, 3.05) is 26.2 Å². The lowest BCUT2D eigenvalue weighted by Crippen LogP contribution is -2.63. The Morgan fingerprint density at radius 1 is 1.21 bits per heavy atom. The summed E-state index contributed by atoms with van der Waals surface area (Å²) in [7, 11) is 0. The van der Waals surface area contributed by atoms with E-state index in [1.165, 1.54) is 25.9 Å². The first kappa shape index (κ1) is 15.3. The molecule has 2 atom stereocenters. The second-order valence-corrected chi connectivity index (χ2v) is 7.70. The van der Waals surface area contributed by atoms with Crippen LogP contribution in [-0.2, 0) is 4.74 Å². The molecule has 0 spiro atoms. The lowest BCUT2D eigenvalue weighted by molar-refractivity contribution is -0.138. The second kappa shape index (κ2) is 5.34. The average Bonchev–Trinajstić information content (AvgIpc) is 2.37. The minimum absolute atomic E-state index is 0.0131. The van der Waals surface area contributed by atoms with Crippen molar-refractivity contribution < 1.29 is 4.74 Å². The number of rotatable bonds is 3. The molecule has 0 aliphatic carbocycles. The molecule has 3 nitrogen and oxygen atoms in total. The Balaban J connectivity index is 2.17. The Hall–Kier alpha value is -0.120. The maximum atomic E-state index is 6.24. The highest BCUT2D eigenvalue weighted by molar-refractivity contribution is 5.02. The zero-order valence-corrected chi connectivity index (χ0v) is 13.3. The van der Waals surface area contributed by atoms with Gasteiger partial charge in [-0.05, 0) is 51.0 Å². The summed E-state index contributed by atoms with van der Waals surface area (Å²) in [6.45, 7) is 13.3. The summed E-state index contributed by atoms with van der Waals surface area (Å²) in [6.07, 6.45) is 5.90. The Morgan fingerprint density at radius 2 is 1.95 bits per heavy atom. The molecule has 2 rings (SSSR count). The van der Waals surface area contributed by atoms with Crippen LogP contribution in [0.3, 0.4) is 0 Å². The van der Waals surface area contributed by atoms with Crippen LogP contribution >= 0.6 is 0 Å². The molecule has 0 aromatic carbocycles. The van der Waals surface area contributed by atoms with Crippen molar-refractivity contribution in [1.29, 1.82) is 0 Å². The van der Waals surface area contributed by atoms with Crippen LogP contribution in [0.25, 0.3) is 0 Å². The summed E-state index contributed by atoms with van der Waals surface area (Å²) in [6, 6.07) is 0. The molecule has 0 radical (unpaired) electrons. The Bertz CT molecular complexity index is 318. The average molecular weight is 268 g/mol. The van der Waals surface area contributed by atoms with E-state index >= 15 is 0 Å². The number of nitrogens with two attached hydrogens (primary N) is 1. The van der Waals surface area contributed by atoms with Crippen LogP contribution in [0.1, 0.15) is 59.8 Å². The van der Waals surface area contributed by atoms with E-state index in [4.69, 9.17) is 10.5 Å². The fraction of sp³-hybridized carbons (Fsp3) is 1.00. The smallest absolute Gasteiger partial charge is 0.0670 e. The van der Waals surface area contributed by atoms with Gasteiger partial charge in [0.2, 0.25) is 0 Å². The third kappa shape index (κ3) is 3.14. The fourth-order valence-corrected chi connectivity index (χ4v) is 3.95. The Kier molecular flexibility index (Phi) is 4.29. The topological polar surface area (TPSA) is 38.5 Å². The molecular formula is C16H32N2O. The lowest BCUT2D eigenvalue weighted by atomic mass is 9.74. The fourth-order valence-electron chi connectivity index (χ4n) is 3.95. The zero-order chi connectivity index (χ0) is 14.1. The van der Waals surface area contributed by atoms with Gasteiger partial charge >= 0.3 is 0 Å². The van der Waals surface area contributed by atoms with Crippen molar-refractivity contribution in [3.63, 3.8) is 0 Å². The van der Waals surface area contributed by atoms with Crippen LogP contribution in [-0.4, -0.2) is 42.3 Å². The molecule has 3 heteroatoms. The number of hydrogen-bond acceptors (Lipinski definition) is 3. The molecule has 19 heavy (non-hydrogen) atoms. The number of ether oxygens (including phenoxy) is 1. The molecule has 2 unspecified atom stereocenters. The molecule has 2 N–H and O–H groups in total. The van der Waals surface area contributed by atoms with Crippen molar-refractivity contribution in [2.45, 2.75) is 70.9 Å². The number of hydrogen-bond donors (Lipinski definition) is 1. The number of nitrogens with zero attached hydrogens (tertiary/aromatic N) is 1. The van der Waals surface area contributed by atoms with E-state index in [1.807, 2.05) is 0 Å². The SMILES string of the molecule is CCC1(C)CC(CN)(N2CCCC(C)(C)C2)CCO1. The number of piperidine rings is 1. The molecule has 0 bridgehead atoms. The summed E-state index contributed by atoms with van der Waals surface area (Å²) >= 11 is 0. The van der Waals surface area contributed by atoms with E-state index in [-0.39, 0.29) is 11.1 Å². The van der Waals surface area contributed by atoms with Gasteiger partial charge in [-0.2, -0.15) is 0 Å². The van der Waals surface area contributed by atoms with E-state index in [1.54, 1.807) is 0 Å². The van der Waals surface area contributed by atoms with Gasteiger partial charge in [-0.3, -0.25) is 4.90 Å². The van der Waals surface area contributed by atoms with Gasteiger partial charge in [0.25, 0.3) is 0 Å². The van der Waals surface area contributed by atoms with Crippen LogP contribution in [0, 0.1) is 5.41 Å². The maximum Gasteiger partial charge on any atom is 0.0670 e. The molecule has 2 heterocycles. The van der Waals surface area contributed by atoms with E-state index in [9.17, 15) is 0 Å². The molecule has 0 aromatic heterocycles. The van der Waals surface area contributed by atoms with Gasteiger partial charge < -0.3 is 10.5 Å². The van der Waals surface area contributed by atoms with E-state index in [0.717, 1.165) is 32.4 Å². The minimum Gasteiger partial charge on any atom is -0.375 e. The highest BCUT2D eigenvalue weighted by atomic mass is 16.5. The van der Waals surface area contributed by atoms with Crippen LogP contribution < -0.4 is 5.73 Å². The molecule has 2 aliphatic rings. The summed E-state index contributed by atoms with van der Waals surface area (Å²) in [4.78, 5) is 2.69. The molecule has 2 saturated heterocycles. The zero-order valence-electron chi connectivity index (χ0n) is 13.3. The quantitative estimate of drug-likeness (QED) is 0.855. The van der Waals surface area contributed by atoms with E-state index < -0.39 is 0 Å². The minimum atomic E-state index is 0.0131. The highest BCUT2D eigenvalue weighted by Gasteiger charge is 2.47. The summed E-state index contributed by atoms with van der Waals surface area (Å²) in [5.74, 6) is 0. The van der Waals surface area contributed by atoms with Gasteiger partial charge in [0.05, 0.1) is 5.60 Å². The van der Waals surface area contributed by atoms with Crippen molar-refractivity contribution in [1.82, 2.24) is 4.90 Å². The monoisotopic (exact) mass is 268 g/mol. The molecule has 0 amide bonds. The normalized spacial score (nSPS) is 40.3. The first-order valence-electron chi connectivity index (χ1n) is 7.94. The molecule has 2 fully saturated rings. The Labute approximate surface area is 118 Å². The van der Waals surface area contributed by atoms with Gasteiger partial charge in [-0.25, -0.2) is 0 Å². The first-order chi connectivity index (χ1) is 8.85. The standard InChI is InChI=1S/C16H32N2O/c1-5-15(4)11-16(12-17,8-10-19-15)18-9-6-7-14(2,3)13-18/h5-13,17H2,1-4H3. The van der Waals surface area contributed by atoms with Crippen molar-refractivity contribution >= 4 is 0 Å². The van der Waals surface area contributed by atoms with E-state index in [0.29, 0.717) is 5.41 Å². The molecule has 112 valence electrons. The molecular weight excluding hydrogens is 236 g/mol. The summed E-state index contributed by atoms with van der Waals surface area (Å²) in [5.41, 5.74) is 6.85. The van der Waals surface area contributed by atoms with Crippen LogP contribution in [0.5, 0.6) is 0 Å². The third-order valence-electron chi connectivity index (χ3n) is 5.42. The molecule has 0 aromatic rings. The summed E-state index contributed by atoms with van der Waals surface area (Å²) in [5, 5.41) is 0. The van der Waals surface area contributed by atoms with Gasteiger partial charge in [0, 0.05) is 25.2 Å². The molecule has 0 saturated carbocycles. The summed E-state index contributed by atoms with van der Waals surface area (Å²) < 4.78 is 6.03. The predicted molar refractivity (Wildman–Crippen MR) is 80.3 cm³/mol. The van der Waals surface area contributed by atoms with E-state index in [2.05, 4.69) is 32.6 Å². The third-order valence-corrected chi connectivity index (χ3v) is 5.42. The predicted octanol–water partition coefficient (Wildman–Crippen LogP) is 2.79. The van der Waals surface area contributed by atoms with Crippen LogP contribution in [0.15, 0.2) is 0 Å². The Morgan fingerprint density at radius 3 is 2.53 bits per heavy atom. The van der Waals surface area contributed by atoms with Crippen molar-refractivity contribution in [2.24, 2.45) is 11.1 Å². The first-order valence-corrected chi connectivity index (χ1v) is 7.94. The maximum absolute atomic E-state index is 6.24. The largest absolute Gasteiger partial charge is 0.375 e.